The standard InChI is InChI=1S/C12H16O3/c1-14-10-6-5-9-11-7(12(10)15-9)3-2-4-8(11)13/h5-7,9-12H,2-4H2,1H3/t7-,9-,10-,11-,12-/m0/s1. The van der Waals surface area contributed by atoms with Crippen LogP contribution in [0, 0.1) is 11.8 Å². The van der Waals surface area contributed by atoms with Crippen molar-refractivity contribution in [1.82, 2.24) is 0 Å². The zero-order valence-corrected chi connectivity index (χ0v) is 8.89. The fourth-order valence-electron chi connectivity index (χ4n) is 3.29. The first-order valence-corrected chi connectivity index (χ1v) is 5.70. The molecular weight excluding hydrogens is 192 g/mol. The summed E-state index contributed by atoms with van der Waals surface area (Å²) in [6, 6.07) is 0. The van der Waals surface area contributed by atoms with E-state index in [2.05, 4.69) is 6.08 Å². The maximum Gasteiger partial charge on any atom is 0.139 e. The normalized spacial score (nSPS) is 48.1. The lowest BCUT2D eigenvalue weighted by molar-refractivity contribution is -0.126. The number of carbonyl (C=O) groups excluding carboxylic acids is 1. The maximum absolute atomic E-state index is 11.9. The van der Waals surface area contributed by atoms with Gasteiger partial charge in [-0.1, -0.05) is 12.2 Å². The van der Waals surface area contributed by atoms with Gasteiger partial charge < -0.3 is 9.47 Å². The molecule has 2 bridgehead atoms. The second-order valence-corrected chi connectivity index (χ2v) is 4.70. The number of rotatable bonds is 1. The fourth-order valence-corrected chi connectivity index (χ4v) is 3.29. The van der Waals surface area contributed by atoms with Gasteiger partial charge in [0, 0.05) is 19.4 Å². The largest absolute Gasteiger partial charge is 0.375 e. The molecule has 3 aliphatic rings. The zero-order chi connectivity index (χ0) is 10.4. The molecule has 0 N–H and O–H groups in total. The number of hydrogen-bond acceptors (Lipinski definition) is 3. The van der Waals surface area contributed by atoms with E-state index in [1.165, 1.54) is 0 Å². The van der Waals surface area contributed by atoms with Crippen molar-refractivity contribution in [2.24, 2.45) is 11.8 Å². The van der Waals surface area contributed by atoms with Gasteiger partial charge in [0.2, 0.25) is 0 Å². The number of carbonyl (C=O) groups is 1. The Morgan fingerprint density at radius 3 is 3.13 bits per heavy atom. The molecule has 1 saturated heterocycles. The molecule has 3 rings (SSSR count). The lowest BCUT2D eigenvalue weighted by Crippen LogP contribution is -2.36. The van der Waals surface area contributed by atoms with Crippen LogP contribution in [0.25, 0.3) is 0 Å². The molecule has 3 heteroatoms. The lowest BCUT2D eigenvalue weighted by atomic mass is 9.75. The Bertz CT molecular complexity index is 310. The molecule has 5 atom stereocenters. The number of hydrogen-bond donors (Lipinski definition) is 0. The zero-order valence-electron chi connectivity index (χ0n) is 8.89. The van der Waals surface area contributed by atoms with Crippen LogP contribution in [0.4, 0.5) is 0 Å². The number of Topliss-reactive ketones (excluding diaryl/α,β-unsaturated/α-hetero) is 1. The van der Waals surface area contributed by atoms with Crippen LogP contribution in [0.3, 0.4) is 0 Å². The third-order valence-corrected chi connectivity index (χ3v) is 3.97. The first-order valence-electron chi connectivity index (χ1n) is 5.70. The molecule has 0 radical (unpaired) electrons. The predicted molar refractivity (Wildman–Crippen MR) is 54.4 cm³/mol. The van der Waals surface area contributed by atoms with Gasteiger partial charge >= 0.3 is 0 Å². The van der Waals surface area contributed by atoms with Crippen LogP contribution in [-0.4, -0.2) is 31.2 Å². The van der Waals surface area contributed by atoms with Crippen LogP contribution in [0.2, 0.25) is 0 Å². The molecule has 1 aliphatic carbocycles. The summed E-state index contributed by atoms with van der Waals surface area (Å²) in [7, 11) is 1.71. The molecule has 0 unspecified atom stereocenters. The Kier molecular flexibility index (Phi) is 2.18. The fraction of sp³-hybridized carbons (Fsp3) is 0.750. The Balaban J connectivity index is 1.91. The minimum atomic E-state index is 0.0270. The van der Waals surface area contributed by atoms with Gasteiger partial charge in [-0.3, -0.25) is 4.79 Å². The molecule has 15 heavy (non-hydrogen) atoms. The van der Waals surface area contributed by atoms with E-state index in [4.69, 9.17) is 9.47 Å². The van der Waals surface area contributed by atoms with Crippen LogP contribution in [-0.2, 0) is 14.3 Å². The van der Waals surface area contributed by atoms with Crippen LogP contribution < -0.4 is 0 Å². The molecule has 0 aromatic heterocycles. The topological polar surface area (TPSA) is 35.5 Å². The van der Waals surface area contributed by atoms with E-state index >= 15 is 0 Å². The maximum atomic E-state index is 11.9. The van der Waals surface area contributed by atoms with Crippen molar-refractivity contribution in [2.75, 3.05) is 7.11 Å². The Labute approximate surface area is 89.4 Å². The van der Waals surface area contributed by atoms with Crippen molar-refractivity contribution in [2.45, 2.75) is 37.6 Å². The molecule has 82 valence electrons. The van der Waals surface area contributed by atoms with E-state index < -0.39 is 0 Å². The molecule has 1 saturated carbocycles. The first-order chi connectivity index (χ1) is 7.31. The quantitative estimate of drug-likeness (QED) is 0.610. The van der Waals surface area contributed by atoms with Crippen molar-refractivity contribution in [1.29, 1.82) is 0 Å². The molecular formula is C12H16O3. The number of fused-ring (bicyclic) bond motifs is 5. The molecule has 0 aromatic rings. The van der Waals surface area contributed by atoms with Gasteiger partial charge in [-0.05, 0) is 12.8 Å². The minimum absolute atomic E-state index is 0.0270. The van der Waals surface area contributed by atoms with E-state index in [-0.39, 0.29) is 24.2 Å². The number of ketones is 1. The number of methoxy groups -OCH3 is 1. The van der Waals surface area contributed by atoms with Crippen molar-refractivity contribution in [3.05, 3.63) is 12.2 Å². The van der Waals surface area contributed by atoms with E-state index in [1.54, 1.807) is 7.11 Å². The van der Waals surface area contributed by atoms with Crippen molar-refractivity contribution >= 4 is 5.78 Å². The monoisotopic (exact) mass is 208 g/mol. The van der Waals surface area contributed by atoms with E-state index in [1.807, 2.05) is 6.08 Å². The van der Waals surface area contributed by atoms with E-state index in [9.17, 15) is 4.79 Å². The smallest absolute Gasteiger partial charge is 0.139 e. The minimum Gasteiger partial charge on any atom is -0.375 e. The summed E-state index contributed by atoms with van der Waals surface area (Å²) < 4.78 is 11.3. The summed E-state index contributed by atoms with van der Waals surface area (Å²) >= 11 is 0. The van der Waals surface area contributed by atoms with Crippen molar-refractivity contribution in [3.63, 3.8) is 0 Å². The summed E-state index contributed by atoms with van der Waals surface area (Å²) in [5, 5.41) is 0. The molecule has 0 amide bonds. The lowest BCUT2D eigenvalue weighted by Gasteiger charge is -2.28. The summed E-state index contributed by atoms with van der Waals surface area (Å²) in [6.45, 7) is 0. The predicted octanol–water partition coefficient (Wildman–Crippen LogP) is 1.32. The Morgan fingerprint density at radius 2 is 2.33 bits per heavy atom. The van der Waals surface area contributed by atoms with E-state index in [0.717, 1.165) is 19.3 Å². The highest BCUT2D eigenvalue weighted by molar-refractivity contribution is 5.83. The molecule has 2 fully saturated rings. The van der Waals surface area contributed by atoms with Gasteiger partial charge in [0.05, 0.1) is 18.1 Å². The van der Waals surface area contributed by atoms with Crippen LogP contribution in [0.5, 0.6) is 0 Å². The van der Waals surface area contributed by atoms with Crippen molar-refractivity contribution < 1.29 is 14.3 Å². The summed E-state index contributed by atoms with van der Waals surface area (Å²) in [4.78, 5) is 11.9. The Hall–Kier alpha value is -0.670. The van der Waals surface area contributed by atoms with Gasteiger partial charge in [-0.25, -0.2) is 0 Å². The highest BCUT2D eigenvalue weighted by Gasteiger charge is 2.52. The molecule has 0 aromatic carbocycles. The summed E-state index contributed by atoms with van der Waals surface area (Å²) in [5.74, 6) is 0.886. The van der Waals surface area contributed by atoms with Gasteiger partial charge in [0.15, 0.2) is 0 Å². The second-order valence-electron chi connectivity index (χ2n) is 4.70. The van der Waals surface area contributed by atoms with Gasteiger partial charge in [0.1, 0.15) is 11.9 Å². The van der Waals surface area contributed by atoms with Crippen LogP contribution in [0.1, 0.15) is 19.3 Å². The Morgan fingerprint density at radius 1 is 1.47 bits per heavy atom. The van der Waals surface area contributed by atoms with Crippen molar-refractivity contribution in [3.8, 4) is 0 Å². The highest BCUT2D eigenvalue weighted by Crippen LogP contribution is 2.45. The molecule has 2 heterocycles. The third-order valence-electron chi connectivity index (χ3n) is 3.97. The average Bonchev–Trinajstić information content (AvgIpc) is 2.55. The van der Waals surface area contributed by atoms with Crippen LogP contribution >= 0.6 is 0 Å². The van der Waals surface area contributed by atoms with Gasteiger partial charge in [-0.2, -0.15) is 0 Å². The summed E-state index contributed by atoms with van der Waals surface area (Å²) in [5.41, 5.74) is 0. The van der Waals surface area contributed by atoms with Gasteiger partial charge in [-0.15, -0.1) is 0 Å². The highest BCUT2D eigenvalue weighted by atomic mass is 16.5. The third kappa shape index (κ3) is 1.30. The summed E-state index contributed by atoms with van der Waals surface area (Å²) in [6.07, 6.45) is 7.12. The molecule has 2 aliphatic heterocycles. The average molecular weight is 208 g/mol. The molecule has 0 spiro atoms. The SMILES string of the molecule is CO[C@H]1C=C[C@@H]2O[C@H]1[C@H]1CCCC(=O)[C@H]12. The van der Waals surface area contributed by atoms with E-state index in [0.29, 0.717) is 11.7 Å². The first kappa shape index (κ1) is 9.55. The molecule has 3 nitrogen and oxygen atoms in total. The van der Waals surface area contributed by atoms with Gasteiger partial charge in [0.25, 0.3) is 0 Å². The second kappa shape index (κ2) is 3.42. The number of ether oxygens (including phenoxy) is 2. The van der Waals surface area contributed by atoms with Crippen LogP contribution in [0.15, 0.2) is 12.2 Å².